The van der Waals surface area contributed by atoms with Crippen molar-refractivity contribution in [3.05, 3.63) is 46.3 Å². The van der Waals surface area contributed by atoms with Crippen molar-refractivity contribution in [1.29, 1.82) is 0 Å². The van der Waals surface area contributed by atoms with Crippen LogP contribution < -0.4 is 5.32 Å². The summed E-state index contributed by atoms with van der Waals surface area (Å²) < 4.78 is 26.8. The van der Waals surface area contributed by atoms with E-state index in [1.54, 1.807) is 0 Å². The van der Waals surface area contributed by atoms with Crippen molar-refractivity contribution in [2.75, 3.05) is 12.4 Å². The van der Waals surface area contributed by atoms with Crippen molar-refractivity contribution in [3.63, 3.8) is 0 Å². The first-order valence-corrected chi connectivity index (χ1v) is 5.17. The van der Waals surface area contributed by atoms with E-state index in [0.29, 0.717) is 0 Å². The average Bonchev–Trinajstić information content (AvgIpc) is 2.40. The van der Waals surface area contributed by atoms with Gasteiger partial charge in [0.05, 0.1) is 4.92 Å². The Balaban J connectivity index is 2.75. The zero-order valence-corrected chi connectivity index (χ0v) is 9.72. The highest BCUT2D eigenvalue weighted by molar-refractivity contribution is 5.76. The van der Waals surface area contributed by atoms with Gasteiger partial charge in [0.1, 0.15) is 18.0 Å². The monoisotopic (exact) mass is 266 g/mol. The lowest BCUT2D eigenvalue weighted by molar-refractivity contribution is -0.383. The summed E-state index contributed by atoms with van der Waals surface area (Å²) in [6.07, 6.45) is 1.04. The fourth-order valence-corrected chi connectivity index (χ4v) is 1.61. The van der Waals surface area contributed by atoms with Crippen molar-refractivity contribution < 1.29 is 13.7 Å². The van der Waals surface area contributed by atoms with Crippen LogP contribution in [0, 0.1) is 21.7 Å². The van der Waals surface area contributed by atoms with Gasteiger partial charge in [0.2, 0.25) is 5.82 Å². The van der Waals surface area contributed by atoms with Gasteiger partial charge in [0.15, 0.2) is 5.69 Å². The number of nitrogens with one attached hydrogen (secondary N) is 1. The largest absolute Gasteiger partial charge is 0.367 e. The molecule has 6 nitrogen and oxygen atoms in total. The van der Waals surface area contributed by atoms with Crippen LogP contribution in [0.1, 0.15) is 0 Å². The summed E-state index contributed by atoms with van der Waals surface area (Å²) in [6.45, 7) is 0. The van der Waals surface area contributed by atoms with Crippen molar-refractivity contribution in [3.8, 4) is 11.3 Å². The van der Waals surface area contributed by atoms with Gasteiger partial charge < -0.3 is 5.32 Å². The predicted molar refractivity (Wildman–Crippen MR) is 63.6 cm³/mol. The first-order valence-electron chi connectivity index (χ1n) is 5.17. The molecule has 98 valence electrons. The number of hydrogen-bond donors (Lipinski definition) is 1. The molecule has 0 aliphatic rings. The van der Waals surface area contributed by atoms with Crippen LogP contribution in [0.5, 0.6) is 0 Å². The van der Waals surface area contributed by atoms with Crippen molar-refractivity contribution >= 4 is 11.5 Å². The minimum absolute atomic E-state index is 0.0707. The molecule has 0 radical (unpaired) electrons. The molecule has 2 aromatic rings. The van der Waals surface area contributed by atoms with E-state index in [1.807, 2.05) is 0 Å². The topological polar surface area (TPSA) is 81.0 Å². The van der Waals surface area contributed by atoms with E-state index in [4.69, 9.17) is 0 Å². The van der Waals surface area contributed by atoms with Crippen LogP contribution in [0.15, 0.2) is 24.5 Å². The summed E-state index contributed by atoms with van der Waals surface area (Å²) >= 11 is 0. The molecule has 0 saturated heterocycles. The number of anilines is 1. The molecule has 0 fully saturated rings. The van der Waals surface area contributed by atoms with Gasteiger partial charge >= 0.3 is 5.69 Å². The third-order valence-corrected chi connectivity index (χ3v) is 2.43. The zero-order chi connectivity index (χ0) is 14.0. The van der Waals surface area contributed by atoms with E-state index < -0.39 is 22.2 Å². The summed E-state index contributed by atoms with van der Waals surface area (Å²) in [7, 11) is 1.43. The van der Waals surface area contributed by atoms with Crippen LogP contribution in [-0.2, 0) is 0 Å². The SMILES string of the molecule is CNc1ncnc(-c2cc(F)ccc2F)c1[N+](=O)[O-]. The van der Waals surface area contributed by atoms with E-state index >= 15 is 0 Å². The van der Waals surface area contributed by atoms with E-state index in [1.165, 1.54) is 7.05 Å². The molecule has 0 unspecified atom stereocenters. The highest BCUT2D eigenvalue weighted by Crippen LogP contribution is 2.34. The third kappa shape index (κ3) is 2.32. The molecule has 0 amide bonds. The zero-order valence-electron chi connectivity index (χ0n) is 9.72. The van der Waals surface area contributed by atoms with Crippen LogP contribution in [0.3, 0.4) is 0 Å². The van der Waals surface area contributed by atoms with Crippen LogP contribution >= 0.6 is 0 Å². The first-order chi connectivity index (χ1) is 9.04. The van der Waals surface area contributed by atoms with E-state index in [9.17, 15) is 18.9 Å². The number of halogens is 2. The van der Waals surface area contributed by atoms with Crippen LogP contribution in [-0.4, -0.2) is 21.9 Å². The van der Waals surface area contributed by atoms with Gasteiger partial charge in [0.25, 0.3) is 0 Å². The summed E-state index contributed by atoms with van der Waals surface area (Å²) in [5, 5.41) is 13.6. The van der Waals surface area contributed by atoms with Crippen LogP contribution in [0.25, 0.3) is 11.3 Å². The van der Waals surface area contributed by atoms with Crippen molar-refractivity contribution in [2.24, 2.45) is 0 Å². The molecule has 1 aromatic heterocycles. The summed E-state index contributed by atoms with van der Waals surface area (Å²) in [4.78, 5) is 17.7. The van der Waals surface area contributed by atoms with Gasteiger partial charge in [0, 0.05) is 12.6 Å². The average molecular weight is 266 g/mol. The molecule has 0 saturated carbocycles. The number of hydrogen-bond acceptors (Lipinski definition) is 5. The lowest BCUT2D eigenvalue weighted by Gasteiger charge is -2.06. The van der Waals surface area contributed by atoms with Crippen molar-refractivity contribution in [1.82, 2.24) is 9.97 Å². The molecule has 0 spiro atoms. The quantitative estimate of drug-likeness (QED) is 0.681. The third-order valence-electron chi connectivity index (χ3n) is 2.43. The molecule has 19 heavy (non-hydrogen) atoms. The highest BCUT2D eigenvalue weighted by Gasteiger charge is 2.25. The Morgan fingerprint density at radius 2 is 2.05 bits per heavy atom. The molecule has 2 rings (SSSR count). The Labute approximate surface area is 106 Å². The molecule has 0 aliphatic carbocycles. The Kier molecular flexibility index (Phi) is 3.32. The number of nitro groups is 1. The normalized spacial score (nSPS) is 10.3. The minimum atomic E-state index is -0.801. The minimum Gasteiger partial charge on any atom is -0.367 e. The fraction of sp³-hybridized carbons (Fsp3) is 0.0909. The van der Waals surface area contributed by atoms with Gasteiger partial charge in [-0.2, -0.15) is 0 Å². The fourth-order valence-electron chi connectivity index (χ4n) is 1.61. The van der Waals surface area contributed by atoms with Gasteiger partial charge in [-0.1, -0.05) is 0 Å². The van der Waals surface area contributed by atoms with Gasteiger partial charge in [-0.05, 0) is 18.2 Å². The maximum absolute atomic E-state index is 13.7. The lowest BCUT2D eigenvalue weighted by Crippen LogP contribution is -2.04. The summed E-state index contributed by atoms with van der Waals surface area (Å²) in [5.41, 5.74) is -1.07. The van der Waals surface area contributed by atoms with Crippen LogP contribution in [0.4, 0.5) is 20.3 Å². The predicted octanol–water partition coefficient (Wildman–Crippen LogP) is 2.37. The molecular formula is C11H8F2N4O2. The van der Waals surface area contributed by atoms with E-state index in [-0.39, 0.29) is 17.1 Å². The highest BCUT2D eigenvalue weighted by atomic mass is 19.1. The first kappa shape index (κ1) is 12.8. The lowest BCUT2D eigenvalue weighted by atomic mass is 10.1. The molecule has 1 N–H and O–H groups in total. The number of aromatic nitrogens is 2. The summed E-state index contributed by atoms with van der Waals surface area (Å²) in [6, 6.07) is 2.66. The van der Waals surface area contributed by atoms with Gasteiger partial charge in [-0.15, -0.1) is 0 Å². The maximum atomic E-state index is 13.7. The number of rotatable bonds is 3. The summed E-state index contributed by atoms with van der Waals surface area (Å²) in [5.74, 6) is -1.58. The van der Waals surface area contributed by atoms with E-state index in [2.05, 4.69) is 15.3 Å². The Morgan fingerprint density at radius 3 is 2.68 bits per heavy atom. The van der Waals surface area contributed by atoms with Gasteiger partial charge in [-0.25, -0.2) is 18.7 Å². The standard InChI is InChI=1S/C11H8F2N4O2/c1-14-11-10(17(18)19)9(15-5-16-11)7-4-6(12)2-3-8(7)13/h2-5H,1H3,(H,14,15,16). The van der Waals surface area contributed by atoms with Crippen LogP contribution in [0.2, 0.25) is 0 Å². The van der Waals surface area contributed by atoms with Crippen molar-refractivity contribution in [2.45, 2.75) is 0 Å². The smallest absolute Gasteiger partial charge is 0.337 e. The second-order valence-electron chi connectivity index (χ2n) is 3.55. The second kappa shape index (κ2) is 4.92. The maximum Gasteiger partial charge on any atom is 0.337 e. The number of benzene rings is 1. The molecule has 8 heteroatoms. The Morgan fingerprint density at radius 1 is 1.32 bits per heavy atom. The Bertz CT molecular complexity index is 649. The Hall–Kier alpha value is -2.64. The van der Waals surface area contributed by atoms with E-state index in [0.717, 1.165) is 24.5 Å². The molecular weight excluding hydrogens is 258 g/mol. The molecule has 1 aromatic carbocycles. The number of nitrogens with zero attached hydrogens (tertiary/aromatic N) is 3. The molecule has 1 heterocycles. The van der Waals surface area contributed by atoms with Gasteiger partial charge in [-0.3, -0.25) is 10.1 Å². The second-order valence-corrected chi connectivity index (χ2v) is 3.55. The molecule has 0 bridgehead atoms. The molecule has 0 aliphatic heterocycles. The molecule has 0 atom stereocenters.